The van der Waals surface area contributed by atoms with Gasteiger partial charge >= 0.3 is 0 Å². The summed E-state index contributed by atoms with van der Waals surface area (Å²) in [7, 11) is 0. The normalized spacial score (nSPS) is 20.4. The first kappa shape index (κ1) is 14.4. The van der Waals surface area contributed by atoms with Crippen LogP contribution < -0.4 is 0 Å². The van der Waals surface area contributed by atoms with Crippen LogP contribution in [0.1, 0.15) is 44.8 Å². The molecular weight excluding hydrogens is 258 g/mol. The Balaban J connectivity index is 2.26. The highest BCUT2D eigenvalue weighted by atomic mass is 16.6. The number of ketones is 1. The molecule has 108 valence electrons. The van der Waals surface area contributed by atoms with E-state index in [1.165, 1.54) is 0 Å². The van der Waals surface area contributed by atoms with Crippen molar-refractivity contribution in [3.63, 3.8) is 0 Å². The fraction of sp³-hybridized carbons (Fsp3) is 0.467. The van der Waals surface area contributed by atoms with E-state index in [0.29, 0.717) is 37.2 Å². The van der Waals surface area contributed by atoms with Crippen molar-refractivity contribution in [3.05, 3.63) is 35.5 Å². The van der Waals surface area contributed by atoms with Gasteiger partial charge in [-0.15, -0.1) is 0 Å². The zero-order chi connectivity index (χ0) is 14.5. The molecule has 2 rings (SSSR count). The van der Waals surface area contributed by atoms with Crippen molar-refractivity contribution < 1.29 is 19.2 Å². The molecule has 20 heavy (non-hydrogen) atoms. The molecule has 1 aromatic rings. The molecule has 0 saturated heterocycles. The number of allylic oxidation sites excluding steroid dienone is 2. The van der Waals surface area contributed by atoms with Crippen molar-refractivity contribution >= 4 is 11.5 Å². The molecule has 0 radical (unpaired) electrons. The predicted octanol–water partition coefficient (Wildman–Crippen LogP) is 3.34. The Morgan fingerprint density at radius 1 is 1.50 bits per heavy atom. The number of furan rings is 1. The summed E-state index contributed by atoms with van der Waals surface area (Å²) in [4.78, 5) is 17.3. The maximum absolute atomic E-state index is 12.3. The summed E-state index contributed by atoms with van der Waals surface area (Å²) in [5.74, 6) is 0.577. The number of aliphatic hydroxyl groups is 1. The Bertz CT molecular complexity index is 528. The number of hydrogen-bond donors (Lipinski definition) is 1. The van der Waals surface area contributed by atoms with E-state index in [9.17, 15) is 9.90 Å². The van der Waals surface area contributed by atoms with Crippen LogP contribution in [0, 0.1) is 0 Å². The van der Waals surface area contributed by atoms with Gasteiger partial charge in [0.1, 0.15) is 18.1 Å². The van der Waals surface area contributed by atoms with Crippen LogP contribution in [0.5, 0.6) is 0 Å². The molecule has 1 aliphatic rings. The van der Waals surface area contributed by atoms with Crippen molar-refractivity contribution in [2.24, 2.45) is 5.16 Å². The standard InChI is InChI=1S/C15H19NO4/c1-3-11(16-20-4-2)15-12(17)8-10(9-13(15)18)14-6-5-7-19-14/h5-7,10,17H,3-4,8-9H2,1-2H3/b16-11-. The first-order valence-electron chi connectivity index (χ1n) is 6.85. The number of aliphatic hydroxyl groups excluding tert-OH is 1. The summed E-state index contributed by atoms with van der Waals surface area (Å²) in [6.07, 6.45) is 2.82. The molecule has 0 spiro atoms. The largest absolute Gasteiger partial charge is 0.511 e. The first-order valence-corrected chi connectivity index (χ1v) is 6.85. The summed E-state index contributed by atoms with van der Waals surface area (Å²) in [6, 6.07) is 3.61. The molecule has 1 unspecified atom stereocenters. The van der Waals surface area contributed by atoms with Crippen LogP contribution >= 0.6 is 0 Å². The summed E-state index contributed by atoms with van der Waals surface area (Å²) in [5, 5.41) is 14.1. The van der Waals surface area contributed by atoms with Gasteiger partial charge in [0.2, 0.25) is 0 Å². The minimum absolute atomic E-state index is 0.0722. The number of hydrogen-bond acceptors (Lipinski definition) is 5. The second-order valence-corrected chi connectivity index (χ2v) is 4.67. The molecule has 0 saturated carbocycles. The van der Waals surface area contributed by atoms with Gasteiger partial charge in [0.15, 0.2) is 5.78 Å². The van der Waals surface area contributed by atoms with Gasteiger partial charge in [-0.05, 0) is 25.5 Å². The second kappa shape index (κ2) is 6.41. The Kier molecular flexibility index (Phi) is 4.61. The predicted molar refractivity (Wildman–Crippen MR) is 74.7 cm³/mol. The highest BCUT2D eigenvalue weighted by Gasteiger charge is 2.32. The van der Waals surface area contributed by atoms with Crippen molar-refractivity contribution in [2.45, 2.75) is 39.0 Å². The lowest BCUT2D eigenvalue weighted by Gasteiger charge is -2.22. The third-order valence-corrected chi connectivity index (χ3v) is 3.31. The minimum Gasteiger partial charge on any atom is -0.511 e. The van der Waals surface area contributed by atoms with E-state index < -0.39 is 0 Å². The Hall–Kier alpha value is -2.04. The highest BCUT2D eigenvalue weighted by molar-refractivity contribution is 6.23. The highest BCUT2D eigenvalue weighted by Crippen LogP contribution is 2.34. The second-order valence-electron chi connectivity index (χ2n) is 4.67. The molecule has 1 atom stereocenters. The lowest BCUT2D eigenvalue weighted by molar-refractivity contribution is -0.116. The van der Waals surface area contributed by atoms with Crippen LogP contribution in [-0.4, -0.2) is 23.2 Å². The van der Waals surface area contributed by atoms with E-state index in [1.54, 1.807) is 12.3 Å². The minimum atomic E-state index is -0.115. The number of rotatable bonds is 5. The van der Waals surface area contributed by atoms with Crippen molar-refractivity contribution in [1.82, 2.24) is 0 Å². The number of carbonyl (C=O) groups excluding carboxylic acids is 1. The lowest BCUT2D eigenvalue weighted by Crippen LogP contribution is -2.23. The average Bonchev–Trinajstić information content (AvgIpc) is 2.95. The summed E-state index contributed by atoms with van der Waals surface area (Å²) >= 11 is 0. The van der Waals surface area contributed by atoms with Crippen LogP contribution in [0.3, 0.4) is 0 Å². The smallest absolute Gasteiger partial charge is 0.168 e. The van der Waals surface area contributed by atoms with E-state index in [4.69, 9.17) is 9.25 Å². The molecule has 0 fully saturated rings. The molecule has 1 N–H and O–H groups in total. The number of oxime groups is 1. The fourth-order valence-electron chi connectivity index (χ4n) is 2.38. The van der Waals surface area contributed by atoms with Gasteiger partial charge in [0.25, 0.3) is 0 Å². The van der Waals surface area contributed by atoms with Gasteiger partial charge in [-0.25, -0.2) is 0 Å². The number of carbonyl (C=O) groups is 1. The van der Waals surface area contributed by atoms with Crippen molar-refractivity contribution in [3.8, 4) is 0 Å². The number of Topliss-reactive ketones (excluding diaryl/α,β-unsaturated/α-hetero) is 1. The van der Waals surface area contributed by atoms with Gasteiger partial charge < -0.3 is 14.4 Å². The maximum Gasteiger partial charge on any atom is 0.168 e. The van der Waals surface area contributed by atoms with E-state index >= 15 is 0 Å². The summed E-state index contributed by atoms with van der Waals surface area (Å²) in [6.45, 7) is 4.13. The molecule has 0 aliphatic heterocycles. The first-order chi connectivity index (χ1) is 9.67. The Labute approximate surface area is 117 Å². The van der Waals surface area contributed by atoms with Gasteiger partial charge in [-0.1, -0.05) is 12.1 Å². The third kappa shape index (κ3) is 2.92. The third-order valence-electron chi connectivity index (χ3n) is 3.31. The molecule has 1 aliphatic carbocycles. The Morgan fingerprint density at radius 3 is 2.85 bits per heavy atom. The van der Waals surface area contributed by atoms with Crippen molar-refractivity contribution in [2.75, 3.05) is 6.61 Å². The molecule has 5 nitrogen and oxygen atoms in total. The Morgan fingerprint density at radius 2 is 2.30 bits per heavy atom. The van der Waals surface area contributed by atoms with E-state index in [0.717, 1.165) is 5.76 Å². The van der Waals surface area contributed by atoms with E-state index in [-0.39, 0.29) is 17.5 Å². The van der Waals surface area contributed by atoms with Crippen LogP contribution in [0.4, 0.5) is 0 Å². The van der Waals surface area contributed by atoms with Gasteiger partial charge in [-0.3, -0.25) is 4.79 Å². The molecule has 0 aromatic carbocycles. The average molecular weight is 277 g/mol. The van der Waals surface area contributed by atoms with E-state index in [1.807, 2.05) is 19.9 Å². The summed E-state index contributed by atoms with van der Waals surface area (Å²) in [5.41, 5.74) is 0.816. The topological polar surface area (TPSA) is 72.0 Å². The molecular formula is C15H19NO4. The summed E-state index contributed by atoms with van der Waals surface area (Å²) < 4.78 is 5.32. The van der Waals surface area contributed by atoms with E-state index in [2.05, 4.69) is 5.16 Å². The zero-order valence-corrected chi connectivity index (χ0v) is 11.8. The number of nitrogens with zero attached hydrogens (tertiary/aromatic N) is 1. The van der Waals surface area contributed by atoms with Gasteiger partial charge in [-0.2, -0.15) is 0 Å². The molecule has 1 aromatic heterocycles. The van der Waals surface area contributed by atoms with Crippen LogP contribution in [0.15, 0.2) is 39.3 Å². The fourth-order valence-corrected chi connectivity index (χ4v) is 2.38. The monoisotopic (exact) mass is 277 g/mol. The molecule has 0 bridgehead atoms. The quantitative estimate of drug-likeness (QED) is 0.661. The lowest BCUT2D eigenvalue weighted by atomic mass is 9.83. The zero-order valence-electron chi connectivity index (χ0n) is 11.8. The van der Waals surface area contributed by atoms with Crippen LogP contribution in [-0.2, 0) is 9.63 Å². The van der Waals surface area contributed by atoms with Crippen molar-refractivity contribution in [1.29, 1.82) is 0 Å². The van der Waals surface area contributed by atoms with Crippen LogP contribution in [0.2, 0.25) is 0 Å². The molecule has 1 heterocycles. The SMILES string of the molecule is CCO/N=C(/CC)C1=C(O)CC(c2ccco2)CC1=O. The van der Waals surface area contributed by atoms with Gasteiger partial charge in [0, 0.05) is 18.8 Å². The van der Waals surface area contributed by atoms with Crippen LogP contribution in [0.25, 0.3) is 0 Å². The molecule has 5 heteroatoms. The van der Waals surface area contributed by atoms with Gasteiger partial charge in [0.05, 0.1) is 17.5 Å². The maximum atomic E-state index is 12.3. The molecule has 0 amide bonds.